The van der Waals surface area contributed by atoms with Crippen LogP contribution in [-0.4, -0.2) is 47.4 Å². The zero-order valence-electron chi connectivity index (χ0n) is 20.8. The number of rotatable bonds is 9. The zero-order chi connectivity index (χ0) is 24.7. The third-order valence-electron chi connectivity index (χ3n) is 5.82. The molecule has 6 heteroatoms. The Labute approximate surface area is 207 Å². The van der Waals surface area contributed by atoms with Gasteiger partial charge in [-0.25, -0.2) is 4.79 Å². The van der Waals surface area contributed by atoms with Crippen LogP contribution in [0.1, 0.15) is 39.2 Å². The number of pyridine rings is 1. The first kappa shape index (κ1) is 24.6. The molecule has 1 aromatic heterocycles. The van der Waals surface area contributed by atoms with Crippen LogP contribution in [-0.2, 0) is 11.2 Å². The fourth-order valence-electron chi connectivity index (χ4n) is 3.90. The second-order valence-corrected chi connectivity index (χ2v) is 9.80. The topological polar surface area (TPSA) is 60.9 Å². The maximum absolute atomic E-state index is 12.3. The fraction of sp³-hybridized carbons (Fsp3) is 0.379. The summed E-state index contributed by atoms with van der Waals surface area (Å²) in [6, 6.07) is 20.5. The molecule has 0 spiro atoms. The normalized spacial score (nSPS) is 15.3. The maximum Gasteiger partial charge on any atom is 0.410 e. The van der Waals surface area contributed by atoms with Gasteiger partial charge in [0, 0.05) is 18.3 Å². The average molecular weight is 475 g/mol. The van der Waals surface area contributed by atoms with Crippen molar-refractivity contribution in [1.29, 1.82) is 0 Å². The number of nitrogens with zero attached hydrogens (tertiary/aromatic N) is 2. The number of carbonyl (C=O) groups excluding carboxylic acids is 1. The Bertz CT molecular complexity index is 1110. The Kier molecular flexibility index (Phi) is 7.91. The number of ether oxygens (including phenoxy) is 3. The predicted molar refractivity (Wildman–Crippen MR) is 137 cm³/mol. The Morgan fingerprint density at radius 3 is 2.51 bits per heavy atom. The largest absolute Gasteiger partial charge is 0.494 e. The molecule has 184 valence electrons. The van der Waals surface area contributed by atoms with E-state index in [0.717, 1.165) is 36.1 Å². The molecule has 0 unspecified atom stereocenters. The van der Waals surface area contributed by atoms with E-state index >= 15 is 0 Å². The summed E-state index contributed by atoms with van der Waals surface area (Å²) in [5.41, 5.74) is 2.79. The van der Waals surface area contributed by atoms with Crippen LogP contribution in [0.4, 0.5) is 4.79 Å². The van der Waals surface area contributed by atoms with Crippen LogP contribution in [0.2, 0.25) is 0 Å². The van der Waals surface area contributed by atoms with E-state index in [1.807, 2.05) is 63.4 Å². The van der Waals surface area contributed by atoms with Gasteiger partial charge in [-0.15, -0.1) is 0 Å². The summed E-state index contributed by atoms with van der Waals surface area (Å²) in [5.74, 6) is 1.51. The van der Waals surface area contributed by atoms with Gasteiger partial charge in [0.2, 0.25) is 0 Å². The second-order valence-electron chi connectivity index (χ2n) is 9.80. The summed E-state index contributed by atoms with van der Waals surface area (Å²) >= 11 is 0. The molecule has 35 heavy (non-hydrogen) atoms. The van der Waals surface area contributed by atoms with Crippen molar-refractivity contribution in [3.63, 3.8) is 0 Å². The molecule has 2 heterocycles. The van der Waals surface area contributed by atoms with Gasteiger partial charge in [-0.1, -0.05) is 42.5 Å². The van der Waals surface area contributed by atoms with Crippen LogP contribution in [0.25, 0.3) is 11.1 Å². The lowest BCUT2D eigenvalue weighted by molar-refractivity contribution is -0.0141. The van der Waals surface area contributed by atoms with Crippen LogP contribution in [0.3, 0.4) is 0 Å². The van der Waals surface area contributed by atoms with Gasteiger partial charge in [-0.05, 0) is 69.4 Å². The third-order valence-corrected chi connectivity index (χ3v) is 5.82. The second kappa shape index (κ2) is 11.3. The molecule has 2 aromatic carbocycles. The van der Waals surface area contributed by atoms with E-state index in [1.165, 1.54) is 5.56 Å². The molecule has 1 fully saturated rings. The number of likely N-dealkylation sites (tertiary alicyclic amines) is 1. The van der Waals surface area contributed by atoms with Crippen LogP contribution in [0, 0.1) is 0 Å². The highest BCUT2D eigenvalue weighted by Crippen LogP contribution is 2.27. The molecule has 1 atom stereocenters. The number of hydrogen-bond donors (Lipinski definition) is 0. The van der Waals surface area contributed by atoms with Gasteiger partial charge in [0.25, 0.3) is 0 Å². The Hall–Kier alpha value is -3.54. The maximum atomic E-state index is 12.3. The number of carbonyl (C=O) groups is 1. The molecule has 6 nitrogen and oxygen atoms in total. The minimum Gasteiger partial charge on any atom is -0.494 e. The van der Waals surface area contributed by atoms with Gasteiger partial charge in [0.15, 0.2) is 0 Å². The van der Waals surface area contributed by atoms with Crippen molar-refractivity contribution >= 4 is 6.09 Å². The molecule has 4 rings (SSSR count). The summed E-state index contributed by atoms with van der Waals surface area (Å²) in [7, 11) is 0. The molecule has 0 N–H and O–H groups in total. The van der Waals surface area contributed by atoms with Crippen molar-refractivity contribution in [3.05, 3.63) is 78.6 Å². The van der Waals surface area contributed by atoms with Gasteiger partial charge >= 0.3 is 6.09 Å². The van der Waals surface area contributed by atoms with E-state index in [9.17, 15) is 4.79 Å². The standard InChI is InChI=1S/C29H34N2O4/c1-29(2,3)35-28(32)31-15-14-25(31)21-34-27-18-24(19-30-20-27)23-12-7-13-26(17-23)33-16-8-11-22-9-5-4-6-10-22/h4-7,9-10,12-13,17-20,25H,8,11,14-16,21H2,1-3H3/t25-/m0/s1. The van der Waals surface area contributed by atoms with Gasteiger partial charge in [-0.2, -0.15) is 0 Å². The number of aromatic nitrogens is 1. The molecule has 0 saturated carbocycles. The zero-order valence-corrected chi connectivity index (χ0v) is 20.8. The minimum atomic E-state index is -0.503. The van der Waals surface area contributed by atoms with Crippen molar-refractivity contribution in [2.45, 2.75) is 51.7 Å². The first-order valence-corrected chi connectivity index (χ1v) is 12.2. The van der Waals surface area contributed by atoms with Crippen LogP contribution >= 0.6 is 0 Å². The van der Waals surface area contributed by atoms with Crippen LogP contribution in [0.5, 0.6) is 11.5 Å². The Balaban J connectivity index is 1.29. The summed E-state index contributed by atoms with van der Waals surface area (Å²) < 4.78 is 17.5. The first-order chi connectivity index (χ1) is 16.9. The van der Waals surface area contributed by atoms with Crippen molar-refractivity contribution in [1.82, 2.24) is 9.88 Å². The Morgan fingerprint density at radius 2 is 1.77 bits per heavy atom. The summed E-state index contributed by atoms with van der Waals surface area (Å²) in [5, 5.41) is 0. The number of aryl methyl sites for hydroxylation is 1. The lowest BCUT2D eigenvalue weighted by atomic mass is 10.1. The van der Waals surface area contributed by atoms with Crippen molar-refractivity contribution < 1.29 is 19.0 Å². The molecule has 0 aliphatic carbocycles. The van der Waals surface area contributed by atoms with E-state index < -0.39 is 5.60 Å². The minimum absolute atomic E-state index is 0.0149. The van der Waals surface area contributed by atoms with Gasteiger partial charge in [0.1, 0.15) is 23.7 Å². The van der Waals surface area contributed by atoms with Crippen LogP contribution < -0.4 is 9.47 Å². The van der Waals surface area contributed by atoms with Crippen molar-refractivity contribution in [2.24, 2.45) is 0 Å². The van der Waals surface area contributed by atoms with E-state index in [4.69, 9.17) is 14.2 Å². The summed E-state index contributed by atoms with van der Waals surface area (Å²) in [4.78, 5) is 18.4. The lowest BCUT2D eigenvalue weighted by Crippen LogP contribution is -2.55. The molecular weight excluding hydrogens is 440 g/mol. The first-order valence-electron chi connectivity index (χ1n) is 12.2. The van der Waals surface area contributed by atoms with Gasteiger partial charge in [0.05, 0.1) is 18.8 Å². The number of benzene rings is 2. The highest BCUT2D eigenvalue weighted by molar-refractivity contribution is 5.69. The predicted octanol–water partition coefficient (Wildman–Crippen LogP) is 6.15. The monoisotopic (exact) mass is 474 g/mol. The lowest BCUT2D eigenvalue weighted by Gasteiger charge is -2.40. The van der Waals surface area contributed by atoms with E-state index in [-0.39, 0.29) is 12.1 Å². The van der Waals surface area contributed by atoms with E-state index in [0.29, 0.717) is 25.5 Å². The molecule has 1 aliphatic rings. The van der Waals surface area contributed by atoms with Crippen molar-refractivity contribution in [2.75, 3.05) is 19.8 Å². The highest BCUT2D eigenvalue weighted by Gasteiger charge is 2.35. The molecule has 3 aromatic rings. The van der Waals surface area contributed by atoms with E-state index in [2.05, 4.69) is 29.2 Å². The molecule has 1 aliphatic heterocycles. The van der Waals surface area contributed by atoms with Crippen molar-refractivity contribution in [3.8, 4) is 22.6 Å². The fourth-order valence-corrected chi connectivity index (χ4v) is 3.90. The average Bonchev–Trinajstić information content (AvgIpc) is 2.81. The van der Waals surface area contributed by atoms with E-state index in [1.54, 1.807) is 11.1 Å². The molecule has 0 bridgehead atoms. The number of amides is 1. The molecule has 1 amide bonds. The SMILES string of the molecule is CC(C)(C)OC(=O)N1CC[C@H]1COc1cncc(-c2cccc(OCCCc3ccccc3)c2)c1. The van der Waals surface area contributed by atoms with Crippen LogP contribution in [0.15, 0.2) is 73.1 Å². The Morgan fingerprint density at radius 1 is 0.971 bits per heavy atom. The van der Waals surface area contributed by atoms with Gasteiger partial charge in [-0.3, -0.25) is 4.98 Å². The molecule has 0 radical (unpaired) electrons. The quantitative estimate of drug-likeness (QED) is 0.348. The number of hydrogen-bond acceptors (Lipinski definition) is 5. The molecule has 1 saturated heterocycles. The molecular formula is C29H34N2O4. The van der Waals surface area contributed by atoms with Gasteiger partial charge < -0.3 is 19.1 Å². The highest BCUT2D eigenvalue weighted by atomic mass is 16.6. The smallest absolute Gasteiger partial charge is 0.410 e. The third kappa shape index (κ3) is 7.22. The summed E-state index contributed by atoms with van der Waals surface area (Å²) in [6.07, 6.45) is 6.08. The summed E-state index contributed by atoms with van der Waals surface area (Å²) in [6.45, 7) is 7.39.